The molecule has 3 rings (SSSR count). The van der Waals surface area contributed by atoms with Crippen LogP contribution < -0.4 is 0 Å². The zero-order valence-corrected chi connectivity index (χ0v) is 15.5. The SMILES string of the molecule is CN(Cc1csc(CN2CCOCC2)n1)S(=O)(=O)c1ccc(F)cc1. The Kier molecular flexibility index (Phi) is 5.80. The van der Waals surface area contributed by atoms with Crippen molar-refractivity contribution in [3.63, 3.8) is 0 Å². The van der Waals surface area contributed by atoms with E-state index in [-0.39, 0.29) is 11.4 Å². The van der Waals surface area contributed by atoms with Crippen molar-refractivity contribution in [2.45, 2.75) is 18.0 Å². The number of halogens is 1. The Balaban J connectivity index is 1.64. The molecule has 1 saturated heterocycles. The Morgan fingerprint density at radius 1 is 1.28 bits per heavy atom. The summed E-state index contributed by atoms with van der Waals surface area (Å²) in [5.41, 5.74) is 0.710. The minimum absolute atomic E-state index is 0.0696. The third kappa shape index (κ3) is 4.62. The molecule has 25 heavy (non-hydrogen) atoms. The van der Waals surface area contributed by atoms with Crippen molar-refractivity contribution in [3.8, 4) is 0 Å². The molecular formula is C16H20FN3O3S2. The number of rotatable bonds is 6. The van der Waals surface area contributed by atoms with Crippen molar-refractivity contribution in [2.24, 2.45) is 0 Å². The highest BCUT2D eigenvalue weighted by Crippen LogP contribution is 2.19. The van der Waals surface area contributed by atoms with E-state index in [2.05, 4.69) is 9.88 Å². The second-order valence-electron chi connectivity index (χ2n) is 5.84. The Bertz CT molecular complexity index is 802. The van der Waals surface area contributed by atoms with Gasteiger partial charge in [0.25, 0.3) is 0 Å². The first-order chi connectivity index (χ1) is 11.9. The molecule has 0 spiro atoms. The van der Waals surface area contributed by atoms with Crippen LogP contribution in [0.1, 0.15) is 10.7 Å². The van der Waals surface area contributed by atoms with E-state index in [1.807, 2.05) is 5.38 Å². The monoisotopic (exact) mass is 385 g/mol. The van der Waals surface area contributed by atoms with Gasteiger partial charge >= 0.3 is 0 Å². The van der Waals surface area contributed by atoms with Gasteiger partial charge in [-0.05, 0) is 24.3 Å². The summed E-state index contributed by atoms with van der Waals surface area (Å²) in [7, 11) is -2.17. The van der Waals surface area contributed by atoms with Gasteiger partial charge in [-0.3, -0.25) is 4.90 Å². The number of benzene rings is 1. The van der Waals surface area contributed by atoms with Gasteiger partial charge < -0.3 is 4.74 Å². The van der Waals surface area contributed by atoms with Gasteiger partial charge in [-0.1, -0.05) is 0 Å². The van der Waals surface area contributed by atoms with Crippen LogP contribution in [0.25, 0.3) is 0 Å². The van der Waals surface area contributed by atoms with Crippen LogP contribution in [0.15, 0.2) is 34.5 Å². The maximum absolute atomic E-state index is 13.0. The number of ether oxygens (including phenoxy) is 1. The van der Waals surface area contributed by atoms with Gasteiger partial charge in [0.15, 0.2) is 0 Å². The van der Waals surface area contributed by atoms with Crippen molar-refractivity contribution in [3.05, 3.63) is 46.2 Å². The van der Waals surface area contributed by atoms with Crippen molar-refractivity contribution in [1.29, 1.82) is 0 Å². The van der Waals surface area contributed by atoms with Crippen LogP contribution in [0.2, 0.25) is 0 Å². The molecule has 0 unspecified atom stereocenters. The predicted molar refractivity (Wildman–Crippen MR) is 93.3 cm³/mol. The molecule has 1 aliphatic heterocycles. The third-order valence-corrected chi connectivity index (χ3v) is 6.67. The van der Waals surface area contributed by atoms with Gasteiger partial charge in [0.2, 0.25) is 10.0 Å². The second-order valence-corrected chi connectivity index (χ2v) is 8.82. The lowest BCUT2D eigenvalue weighted by Gasteiger charge is -2.25. The summed E-state index contributed by atoms with van der Waals surface area (Å²) in [6.07, 6.45) is 0. The molecule has 0 saturated carbocycles. The summed E-state index contributed by atoms with van der Waals surface area (Å²) in [6, 6.07) is 4.83. The standard InChI is InChI=1S/C16H20FN3O3S2/c1-19(25(21,22)15-4-2-13(17)3-5-15)10-14-12-24-16(18-14)11-20-6-8-23-9-7-20/h2-5,12H,6-11H2,1H3. The Morgan fingerprint density at radius 3 is 2.64 bits per heavy atom. The van der Waals surface area contributed by atoms with E-state index >= 15 is 0 Å². The smallest absolute Gasteiger partial charge is 0.243 e. The molecule has 0 aliphatic carbocycles. The fourth-order valence-electron chi connectivity index (χ4n) is 2.54. The zero-order valence-electron chi connectivity index (χ0n) is 13.9. The first-order valence-corrected chi connectivity index (χ1v) is 10.2. The van der Waals surface area contributed by atoms with Crippen LogP contribution in [0.3, 0.4) is 0 Å². The molecule has 0 N–H and O–H groups in total. The third-order valence-electron chi connectivity index (χ3n) is 3.97. The van der Waals surface area contributed by atoms with Crippen LogP contribution in [0, 0.1) is 5.82 Å². The zero-order chi connectivity index (χ0) is 17.9. The van der Waals surface area contributed by atoms with Crippen LogP contribution >= 0.6 is 11.3 Å². The Hall–Kier alpha value is -1.39. The number of aromatic nitrogens is 1. The molecule has 6 nitrogen and oxygen atoms in total. The molecule has 0 bridgehead atoms. The summed E-state index contributed by atoms with van der Waals surface area (Å²) >= 11 is 1.53. The fourth-order valence-corrected chi connectivity index (χ4v) is 4.51. The average molecular weight is 385 g/mol. The lowest BCUT2D eigenvalue weighted by atomic mass is 10.4. The van der Waals surface area contributed by atoms with Crippen molar-refractivity contribution in [1.82, 2.24) is 14.2 Å². The van der Waals surface area contributed by atoms with Gasteiger partial charge in [-0.15, -0.1) is 11.3 Å². The largest absolute Gasteiger partial charge is 0.379 e. The maximum Gasteiger partial charge on any atom is 0.243 e. The summed E-state index contributed by atoms with van der Waals surface area (Å²) in [5.74, 6) is -0.464. The normalized spacial score (nSPS) is 16.4. The van der Waals surface area contributed by atoms with E-state index < -0.39 is 15.8 Å². The van der Waals surface area contributed by atoms with Crippen LogP contribution in [-0.4, -0.2) is 56.0 Å². The summed E-state index contributed by atoms with van der Waals surface area (Å²) in [6.45, 7) is 4.16. The first-order valence-electron chi connectivity index (χ1n) is 7.90. The quantitative estimate of drug-likeness (QED) is 0.760. The molecule has 0 amide bonds. The molecule has 1 fully saturated rings. The summed E-state index contributed by atoms with van der Waals surface area (Å²) in [4.78, 5) is 6.87. The number of thiazole rings is 1. The average Bonchev–Trinajstić information content (AvgIpc) is 3.03. The van der Waals surface area contributed by atoms with Crippen molar-refractivity contribution >= 4 is 21.4 Å². The molecule has 9 heteroatoms. The van der Waals surface area contributed by atoms with Gasteiger partial charge in [-0.2, -0.15) is 4.31 Å². The lowest BCUT2D eigenvalue weighted by molar-refractivity contribution is 0.0341. The Morgan fingerprint density at radius 2 is 1.96 bits per heavy atom. The van der Waals surface area contributed by atoms with Gasteiger partial charge in [0.1, 0.15) is 10.8 Å². The predicted octanol–water partition coefficient (Wildman–Crippen LogP) is 1.94. The number of hydrogen-bond acceptors (Lipinski definition) is 6. The lowest BCUT2D eigenvalue weighted by Crippen LogP contribution is -2.35. The summed E-state index contributed by atoms with van der Waals surface area (Å²) in [5, 5.41) is 2.84. The minimum Gasteiger partial charge on any atom is -0.379 e. The highest BCUT2D eigenvalue weighted by molar-refractivity contribution is 7.89. The number of sulfonamides is 1. The van der Waals surface area contributed by atoms with E-state index in [0.29, 0.717) is 5.69 Å². The molecule has 1 aliphatic rings. The van der Waals surface area contributed by atoms with E-state index in [1.54, 1.807) is 0 Å². The first kappa shape index (κ1) is 18.4. The molecule has 1 aromatic heterocycles. The van der Waals surface area contributed by atoms with Crippen LogP contribution in [0.4, 0.5) is 4.39 Å². The number of hydrogen-bond donors (Lipinski definition) is 0. The van der Waals surface area contributed by atoms with E-state index in [4.69, 9.17) is 4.74 Å². The molecule has 1 aromatic carbocycles. The van der Waals surface area contributed by atoms with Gasteiger partial charge in [0.05, 0.1) is 36.9 Å². The molecule has 2 aromatic rings. The Labute approximate surface area is 150 Å². The highest BCUT2D eigenvalue weighted by Gasteiger charge is 2.22. The fraction of sp³-hybridized carbons (Fsp3) is 0.438. The van der Waals surface area contributed by atoms with Crippen molar-refractivity contribution < 1.29 is 17.5 Å². The topological polar surface area (TPSA) is 62.7 Å². The molecule has 0 radical (unpaired) electrons. The van der Waals surface area contributed by atoms with Crippen molar-refractivity contribution in [2.75, 3.05) is 33.4 Å². The molecular weight excluding hydrogens is 365 g/mol. The number of nitrogens with zero attached hydrogens (tertiary/aromatic N) is 3. The highest BCUT2D eigenvalue weighted by atomic mass is 32.2. The van der Waals surface area contributed by atoms with E-state index in [0.717, 1.165) is 50.0 Å². The molecule has 136 valence electrons. The maximum atomic E-state index is 13.0. The second kappa shape index (κ2) is 7.88. The minimum atomic E-state index is -3.67. The van der Waals surface area contributed by atoms with Gasteiger partial charge in [-0.25, -0.2) is 17.8 Å². The van der Waals surface area contributed by atoms with Crippen LogP contribution in [0.5, 0.6) is 0 Å². The van der Waals surface area contributed by atoms with Gasteiger partial charge in [0, 0.05) is 25.5 Å². The molecule has 2 heterocycles. The number of morpholine rings is 1. The van der Waals surface area contributed by atoms with E-state index in [1.165, 1.54) is 34.8 Å². The molecule has 0 atom stereocenters. The van der Waals surface area contributed by atoms with E-state index in [9.17, 15) is 12.8 Å². The summed E-state index contributed by atoms with van der Waals surface area (Å²) < 4.78 is 44.6. The van der Waals surface area contributed by atoms with Crippen LogP contribution in [-0.2, 0) is 27.8 Å².